The van der Waals surface area contributed by atoms with Crippen molar-refractivity contribution in [3.8, 4) is 0 Å². The van der Waals surface area contributed by atoms with Gasteiger partial charge in [0.25, 0.3) is 0 Å². The molecule has 0 bridgehead atoms. The van der Waals surface area contributed by atoms with Gasteiger partial charge in [-0.2, -0.15) is 0 Å². The van der Waals surface area contributed by atoms with Crippen LogP contribution in [0.5, 0.6) is 0 Å². The number of ether oxygens (including phenoxy) is 1. The molecule has 0 saturated heterocycles. The van der Waals surface area contributed by atoms with Gasteiger partial charge in [0.1, 0.15) is 5.76 Å². The smallest absolute Gasteiger partial charge is 0.104 e. The molecule has 1 aliphatic carbocycles. The van der Waals surface area contributed by atoms with Crippen molar-refractivity contribution in [2.24, 2.45) is 0 Å². The first-order valence-electron chi connectivity index (χ1n) is 7.88. The van der Waals surface area contributed by atoms with Crippen molar-refractivity contribution >= 4 is 5.57 Å². The summed E-state index contributed by atoms with van der Waals surface area (Å²) in [4.78, 5) is 0. The molecule has 0 heterocycles. The Bertz CT molecular complexity index is 546. The normalized spacial score (nSPS) is 15.4. The van der Waals surface area contributed by atoms with Crippen LogP contribution in [0, 0.1) is 6.42 Å². The summed E-state index contributed by atoms with van der Waals surface area (Å²) in [5, 5.41) is 0. The monoisotopic (exact) mass is 281 g/mol. The Morgan fingerprint density at radius 1 is 0.905 bits per heavy atom. The maximum Gasteiger partial charge on any atom is 0.104 e. The summed E-state index contributed by atoms with van der Waals surface area (Å²) in [6.07, 6.45) is 11.2. The standard InChI is InChI=1S/C20H25O/c1-4-9-16-13-18(10-5-2)20(15-19(14-16)21-3)17-11-7-6-8-12-17/h6-8,11-15H,4-5,9-10H2,1-3H3. The van der Waals surface area contributed by atoms with Crippen LogP contribution in [0.4, 0.5) is 0 Å². The Hall–Kier alpha value is -1.76. The molecule has 0 spiro atoms. The summed E-state index contributed by atoms with van der Waals surface area (Å²) in [6.45, 7) is 4.45. The van der Waals surface area contributed by atoms with Crippen LogP contribution in [0.25, 0.3) is 5.57 Å². The number of methoxy groups -OCH3 is 1. The molecule has 0 N–H and O–H groups in total. The molecule has 1 heteroatoms. The Balaban J connectivity index is 2.49. The third-order valence-electron chi connectivity index (χ3n) is 3.70. The van der Waals surface area contributed by atoms with Gasteiger partial charge in [-0.05, 0) is 41.2 Å². The second kappa shape index (κ2) is 7.87. The zero-order chi connectivity index (χ0) is 15.1. The number of hydrogen-bond acceptors (Lipinski definition) is 1. The first kappa shape index (κ1) is 15.6. The minimum Gasteiger partial charge on any atom is -0.500 e. The molecule has 0 atom stereocenters. The molecule has 1 nitrogen and oxygen atoms in total. The van der Waals surface area contributed by atoms with Gasteiger partial charge in [0.15, 0.2) is 0 Å². The zero-order valence-electron chi connectivity index (χ0n) is 13.4. The number of hydrogen-bond donors (Lipinski definition) is 0. The lowest BCUT2D eigenvalue weighted by Crippen LogP contribution is -1.95. The Morgan fingerprint density at radius 3 is 2.24 bits per heavy atom. The number of allylic oxidation sites excluding steroid dienone is 5. The molecule has 0 fully saturated rings. The summed E-state index contributed by atoms with van der Waals surface area (Å²) in [5.41, 5.74) is 5.32. The van der Waals surface area contributed by atoms with Crippen LogP contribution in [0.1, 0.15) is 45.1 Å². The lowest BCUT2D eigenvalue weighted by Gasteiger charge is -2.12. The van der Waals surface area contributed by atoms with E-state index in [0.29, 0.717) is 0 Å². The van der Waals surface area contributed by atoms with E-state index in [1.165, 1.54) is 22.3 Å². The van der Waals surface area contributed by atoms with Crippen LogP contribution < -0.4 is 0 Å². The Labute approximate surface area is 129 Å². The van der Waals surface area contributed by atoms with E-state index in [1.807, 2.05) is 0 Å². The number of rotatable bonds is 6. The fourth-order valence-electron chi connectivity index (χ4n) is 2.72. The molecule has 0 unspecified atom stereocenters. The summed E-state index contributed by atoms with van der Waals surface area (Å²) in [7, 11) is 1.75. The Morgan fingerprint density at radius 2 is 1.62 bits per heavy atom. The fraction of sp³-hybridized carbons (Fsp3) is 0.350. The molecule has 0 saturated carbocycles. The van der Waals surface area contributed by atoms with E-state index in [2.05, 4.69) is 62.8 Å². The van der Waals surface area contributed by atoms with E-state index in [9.17, 15) is 0 Å². The van der Waals surface area contributed by atoms with Gasteiger partial charge in [-0.1, -0.05) is 63.1 Å². The van der Waals surface area contributed by atoms with E-state index in [4.69, 9.17) is 4.74 Å². The van der Waals surface area contributed by atoms with Gasteiger partial charge in [-0.15, -0.1) is 0 Å². The van der Waals surface area contributed by atoms with Gasteiger partial charge >= 0.3 is 0 Å². The highest BCUT2D eigenvalue weighted by Gasteiger charge is 2.15. The van der Waals surface area contributed by atoms with Crippen molar-refractivity contribution in [3.63, 3.8) is 0 Å². The van der Waals surface area contributed by atoms with E-state index in [-0.39, 0.29) is 0 Å². The average Bonchev–Trinajstić information content (AvgIpc) is 2.68. The van der Waals surface area contributed by atoms with E-state index in [1.54, 1.807) is 7.11 Å². The fourth-order valence-corrected chi connectivity index (χ4v) is 2.72. The maximum atomic E-state index is 5.56. The Kier molecular flexibility index (Phi) is 5.86. The molecule has 0 aromatic heterocycles. The van der Waals surface area contributed by atoms with Gasteiger partial charge in [0, 0.05) is 0 Å². The first-order valence-corrected chi connectivity index (χ1v) is 7.88. The maximum absolute atomic E-state index is 5.56. The molecule has 0 amide bonds. The van der Waals surface area contributed by atoms with Gasteiger partial charge in [-0.3, -0.25) is 0 Å². The lowest BCUT2D eigenvalue weighted by atomic mass is 9.94. The van der Waals surface area contributed by atoms with E-state index >= 15 is 0 Å². The van der Waals surface area contributed by atoms with Crippen molar-refractivity contribution in [1.29, 1.82) is 0 Å². The molecule has 0 aliphatic heterocycles. The van der Waals surface area contributed by atoms with Crippen LogP contribution in [0.3, 0.4) is 0 Å². The quantitative estimate of drug-likeness (QED) is 0.648. The second-order valence-corrected chi connectivity index (χ2v) is 5.42. The van der Waals surface area contributed by atoms with Crippen LogP contribution in [0.15, 0.2) is 59.4 Å². The minimum atomic E-state index is 0.944. The highest BCUT2D eigenvalue weighted by Crippen LogP contribution is 2.33. The largest absolute Gasteiger partial charge is 0.500 e. The predicted molar refractivity (Wildman–Crippen MR) is 90.7 cm³/mol. The third kappa shape index (κ3) is 4.10. The second-order valence-electron chi connectivity index (χ2n) is 5.42. The van der Waals surface area contributed by atoms with Crippen molar-refractivity contribution in [3.05, 3.63) is 71.4 Å². The van der Waals surface area contributed by atoms with E-state index in [0.717, 1.165) is 31.4 Å². The molecule has 1 aromatic rings. The summed E-state index contributed by atoms with van der Waals surface area (Å²) in [6, 6.07) is 10.6. The molecular weight excluding hydrogens is 256 g/mol. The van der Waals surface area contributed by atoms with Gasteiger partial charge < -0.3 is 4.74 Å². The van der Waals surface area contributed by atoms with Crippen LogP contribution in [-0.2, 0) is 4.74 Å². The third-order valence-corrected chi connectivity index (χ3v) is 3.70. The first-order chi connectivity index (χ1) is 10.3. The van der Waals surface area contributed by atoms with Gasteiger partial charge in [0.2, 0.25) is 0 Å². The highest BCUT2D eigenvalue weighted by atomic mass is 16.5. The number of benzene rings is 1. The SMILES string of the molecule is CCCC1=CC(CCC)=C(c2ccccc2)[CH]C(OC)=C1. The lowest BCUT2D eigenvalue weighted by molar-refractivity contribution is 0.301. The average molecular weight is 281 g/mol. The van der Waals surface area contributed by atoms with Crippen LogP contribution >= 0.6 is 0 Å². The van der Waals surface area contributed by atoms with Crippen LogP contribution in [-0.4, -0.2) is 7.11 Å². The van der Waals surface area contributed by atoms with Gasteiger partial charge in [0.05, 0.1) is 13.5 Å². The summed E-state index contributed by atoms with van der Waals surface area (Å²) < 4.78 is 5.56. The molecular formula is C20H25O. The topological polar surface area (TPSA) is 9.23 Å². The zero-order valence-corrected chi connectivity index (χ0v) is 13.4. The molecule has 2 rings (SSSR count). The van der Waals surface area contributed by atoms with Crippen molar-refractivity contribution < 1.29 is 4.74 Å². The molecule has 21 heavy (non-hydrogen) atoms. The molecule has 111 valence electrons. The molecule has 1 aliphatic rings. The van der Waals surface area contributed by atoms with Crippen molar-refractivity contribution in [2.75, 3.05) is 7.11 Å². The van der Waals surface area contributed by atoms with Crippen molar-refractivity contribution in [2.45, 2.75) is 39.5 Å². The summed E-state index contributed by atoms with van der Waals surface area (Å²) >= 11 is 0. The molecule has 1 radical (unpaired) electrons. The van der Waals surface area contributed by atoms with Crippen molar-refractivity contribution in [1.82, 2.24) is 0 Å². The summed E-state index contributed by atoms with van der Waals surface area (Å²) in [5.74, 6) is 0.944. The van der Waals surface area contributed by atoms with Crippen LogP contribution in [0.2, 0.25) is 0 Å². The predicted octanol–water partition coefficient (Wildman–Crippen LogP) is 5.71. The molecule has 1 aromatic carbocycles. The van der Waals surface area contributed by atoms with E-state index < -0.39 is 0 Å². The minimum absolute atomic E-state index is 0.944. The van der Waals surface area contributed by atoms with Gasteiger partial charge in [-0.25, -0.2) is 0 Å². The highest BCUT2D eigenvalue weighted by molar-refractivity contribution is 5.80.